The van der Waals surface area contributed by atoms with Crippen molar-refractivity contribution >= 4 is 12.2 Å². The van der Waals surface area contributed by atoms with Crippen LogP contribution in [0.5, 0.6) is 0 Å². The van der Waals surface area contributed by atoms with E-state index in [4.69, 9.17) is 16.2 Å². The number of hydrogen-bond acceptors (Lipinski definition) is 4. The maximum Gasteiger partial charge on any atom is 0.323 e. The summed E-state index contributed by atoms with van der Waals surface area (Å²) in [6.07, 6.45) is 1.25. The zero-order valence-corrected chi connectivity index (χ0v) is 10.2. The fraction of sp³-hybridized carbons (Fsp3) is 0.636. The van der Waals surface area contributed by atoms with Crippen LogP contribution in [0.4, 0.5) is 4.39 Å². The number of allylic oxidation sites excluding steroid dienone is 1. The summed E-state index contributed by atoms with van der Waals surface area (Å²) in [7, 11) is 0. The van der Waals surface area contributed by atoms with Crippen LogP contribution in [0.3, 0.4) is 0 Å². The van der Waals surface area contributed by atoms with Crippen molar-refractivity contribution < 1.29 is 14.3 Å². The normalized spacial score (nSPS) is 16.0. The second-order valence-electron chi connectivity index (χ2n) is 4.24. The van der Waals surface area contributed by atoms with E-state index in [1.54, 1.807) is 6.92 Å². The van der Waals surface area contributed by atoms with E-state index in [0.717, 1.165) is 0 Å². The summed E-state index contributed by atoms with van der Waals surface area (Å²) < 4.78 is 13.6. The molecule has 1 atom stereocenters. The Morgan fingerprint density at radius 2 is 2.24 bits per heavy atom. The molecule has 0 fully saturated rings. The topological polar surface area (TPSA) is 99.2 Å². The average molecular weight is 245 g/mol. The Balaban J connectivity index is 4.23. The largest absolute Gasteiger partial charge is 0.480 e. The van der Waals surface area contributed by atoms with Crippen LogP contribution in [-0.2, 0) is 4.79 Å². The predicted molar refractivity (Wildman–Crippen MR) is 64.9 cm³/mol. The third-order valence-electron chi connectivity index (χ3n) is 2.45. The lowest BCUT2D eigenvalue weighted by Crippen LogP contribution is -2.44. The molecule has 6 heteroatoms. The molecule has 5 nitrogen and oxygen atoms in total. The van der Waals surface area contributed by atoms with Crippen molar-refractivity contribution in [2.24, 2.45) is 5.73 Å². The minimum Gasteiger partial charge on any atom is -0.480 e. The van der Waals surface area contributed by atoms with Crippen molar-refractivity contribution in [2.75, 3.05) is 13.1 Å². The first-order chi connectivity index (χ1) is 7.81. The quantitative estimate of drug-likeness (QED) is 0.379. The number of carboxylic acids is 1. The SMILES string of the molecule is C/C(CNCC=N)=C(\F)CC[C@](C)(N)C(=O)O. The van der Waals surface area contributed by atoms with Crippen LogP contribution in [0, 0.1) is 5.41 Å². The monoisotopic (exact) mass is 245 g/mol. The smallest absolute Gasteiger partial charge is 0.323 e. The molecule has 0 aromatic rings. The van der Waals surface area contributed by atoms with E-state index in [-0.39, 0.29) is 18.7 Å². The van der Waals surface area contributed by atoms with Crippen molar-refractivity contribution in [3.63, 3.8) is 0 Å². The summed E-state index contributed by atoms with van der Waals surface area (Å²) in [6, 6.07) is 0. The van der Waals surface area contributed by atoms with Gasteiger partial charge >= 0.3 is 5.97 Å². The molecule has 0 amide bonds. The van der Waals surface area contributed by atoms with Gasteiger partial charge in [0.15, 0.2) is 0 Å². The fourth-order valence-electron chi connectivity index (χ4n) is 1.12. The second-order valence-corrected chi connectivity index (χ2v) is 4.24. The molecule has 0 aliphatic rings. The van der Waals surface area contributed by atoms with Crippen LogP contribution < -0.4 is 11.1 Å². The lowest BCUT2D eigenvalue weighted by Gasteiger charge is -2.18. The molecular weight excluding hydrogens is 225 g/mol. The second kappa shape index (κ2) is 7.13. The fourth-order valence-corrected chi connectivity index (χ4v) is 1.12. The van der Waals surface area contributed by atoms with Gasteiger partial charge in [-0.2, -0.15) is 0 Å². The summed E-state index contributed by atoms with van der Waals surface area (Å²) in [5.41, 5.74) is 4.60. The van der Waals surface area contributed by atoms with E-state index >= 15 is 0 Å². The van der Waals surface area contributed by atoms with Crippen LogP contribution in [0.1, 0.15) is 26.7 Å². The summed E-state index contributed by atoms with van der Waals surface area (Å²) in [5.74, 6) is -1.48. The van der Waals surface area contributed by atoms with Crippen molar-refractivity contribution in [3.05, 3.63) is 11.4 Å². The number of aliphatic carboxylic acids is 1. The number of rotatable bonds is 8. The van der Waals surface area contributed by atoms with Crippen LogP contribution >= 0.6 is 0 Å². The Morgan fingerprint density at radius 3 is 2.71 bits per heavy atom. The van der Waals surface area contributed by atoms with Gasteiger partial charge in [-0.1, -0.05) is 0 Å². The van der Waals surface area contributed by atoms with E-state index in [1.807, 2.05) is 0 Å². The Kier molecular flexibility index (Phi) is 6.60. The van der Waals surface area contributed by atoms with Gasteiger partial charge in [0.2, 0.25) is 0 Å². The van der Waals surface area contributed by atoms with Crippen LogP contribution in [-0.4, -0.2) is 35.9 Å². The standard InChI is InChI=1S/C11H20FN3O2/c1-8(7-15-6-5-13)9(12)3-4-11(2,14)10(16)17/h5,13,15H,3-4,6-7,14H2,1-2H3,(H,16,17)/b9-8+,13-5?/t11-/m0/s1. The maximum absolute atomic E-state index is 13.6. The van der Waals surface area contributed by atoms with Gasteiger partial charge in [0.25, 0.3) is 0 Å². The highest BCUT2D eigenvalue weighted by molar-refractivity contribution is 5.77. The molecule has 0 saturated heterocycles. The molecule has 0 aromatic carbocycles. The molecule has 5 N–H and O–H groups in total. The molecule has 0 spiro atoms. The van der Waals surface area contributed by atoms with Gasteiger partial charge in [-0.3, -0.25) is 4.79 Å². The van der Waals surface area contributed by atoms with E-state index in [1.165, 1.54) is 13.1 Å². The zero-order valence-electron chi connectivity index (χ0n) is 10.2. The average Bonchev–Trinajstić information content (AvgIpc) is 2.26. The third kappa shape index (κ3) is 6.13. The van der Waals surface area contributed by atoms with Crippen molar-refractivity contribution in [1.82, 2.24) is 5.32 Å². The molecule has 98 valence electrons. The Bertz CT molecular complexity index is 314. The van der Waals surface area contributed by atoms with Crippen molar-refractivity contribution in [1.29, 1.82) is 5.41 Å². The first-order valence-corrected chi connectivity index (χ1v) is 5.37. The molecule has 0 radical (unpaired) electrons. The van der Waals surface area contributed by atoms with Gasteiger partial charge in [-0.15, -0.1) is 0 Å². The third-order valence-corrected chi connectivity index (χ3v) is 2.45. The Hall–Kier alpha value is -1.27. The number of nitrogens with one attached hydrogen (secondary N) is 2. The molecule has 0 saturated carbocycles. The zero-order chi connectivity index (χ0) is 13.5. The lowest BCUT2D eigenvalue weighted by molar-refractivity contribution is -0.142. The van der Waals surface area contributed by atoms with Gasteiger partial charge in [0.1, 0.15) is 11.4 Å². The molecule has 0 bridgehead atoms. The summed E-state index contributed by atoms with van der Waals surface area (Å²) >= 11 is 0. The van der Waals surface area contributed by atoms with E-state index < -0.39 is 11.5 Å². The Labute approximate surface area is 100 Å². The van der Waals surface area contributed by atoms with Gasteiger partial charge in [0, 0.05) is 25.7 Å². The van der Waals surface area contributed by atoms with Gasteiger partial charge in [-0.25, -0.2) is 4.39 Å². The van der Waals surface area contributed by atoms with Gasteiger partial charge in [0.05, 0.1) is 0 Å². The van der Waals surface area contributed by atoms with E-state index in [9.17, 15) is 9.18 Å². The first kappa shape index (κ1) is 15.7. The minimum atomic E-state index is -1.40. The highest BCUT2D eigenvalue weighted by Crippen LogP contribution is 2.18. The van der Waals surface area contributed by atoms with Crippen LogP contribution in [0.15, 0.2) is 11.4 Å². The molecule has 17 heavy (non-hydrogen) atoms. The molecule has 0 aliphatic carbocycles. The van der Waals surface area contributed by atoms with Gasteiger partial charge < -0.3 is 21.6 Å². The summed E-state index contributed by atoms with van der Waals surface area (Å²) in [6.45, 7) is 3.72. The number of hydrogen-bond donors (Lipinski definition) is 4. The highest BCUT2D eigenvalue weighted by atomic mass is 19.1. The summed E-state index contributed by atoms with van der Waals surface area (Å²) in [5, 5.41) is 18.4. The molecule has 0 rings (SSSR count). The minimum absolute atomic E-state index is 0.0113. The highest BCUT2D eigenvalue weighted by Gasteiger charge is 2.27. The van der Waals surface area contributed by atoms with Gasteiger partial charge in [-0.05, 0) is 25.8 Å². The van der Waals surface area contributed by atoms with Crippen LogP contribution in [0.2, 0.25) is 0 Å². The van der Waals surface area contributed by atoms with E-state index in [2.05, 4.69) is 5.32 Å². The molecule has 0 heterocycles. The maximum atomic E-state index is 13.6. The Morgan fingerprint density at radius 1 is 1.65 bits per heavy atom. The molecular formula is C11H20FN3O2. The number of carboxylic acid groups (broad SMARTS) is 1. The number of carbonyl (C=O) groups is 1. The molecule has 0 aromatic heterocycles. The number of nitrogens with two attached hydrogens (primary N) is 1. The first-order valence-electron chi connectivity index (χ1n) is 5.37. The van der Waals surface area contributed by atoms with E-state index in [0.29, 0.717) is 18.7 Å². The van der Waals surface area contributed by atoms with Crippen LogP contribution in [0.25, 0.3) is 0 Å². The molecule has 0 aliphatic heterocycles. The molecule has 0 unspecified atom stereocenters. The van der Waals surface area contributed by atoms with Crippen molar-refractivity contribution in [2.45, 2.75) is 32.2 Å². The van der Waals surface area contributed by atoms with Crippen molar-refractivity contribution in [3.8, 4) is 0 Å². The lowest BCUT2D eigenvalue weighted by atomic mass is 9.96. The predicted octanol–water partition coefficient (Wildman–Crippen LogP) is 1.05. The number of halogens is 1. The summed E-state index contributed by atoms with van der Waals surface area (Å²) in [4.78, 5) is 10.7.